The molecule has 11 heteroatoms. The van der Waals surface area contributed by atoms with Gasteiger partial charge in [0.15, 0.2) is 0 Å². The summed E-state index contributed by atoms with van der Waals surface area (Å²) in [4.78, 5) is 4.19. The van der Waals surface area contributed by atoms with Crippen molar-refractivity contribution in [3.63, 3.8) is 0 Å². The number of halogens is 3. The van der Waals surface area contributed by atoms with E-state index in [9.17, 15) is 21.6 Å². The number of anilines is 1. The third kappa shape index (κ3) is 4.40. The Labute approximate surface area is 170 Å². The fourth-order valence-corrected chi connectivity index (χ4v) is 3.71. The molecule has 1 fully saturated rings. The molecule has 2 heterocycles. The highest BCUT2D eigenvalue weighted by atomic mass is 32.2. The van der Waals surface area contributed by atoms with E-state index < -0.39 is 21.6 Å². The lowest BCUT2D eigenvalue weighted by molar-refractivity contribution is -0.136. The third-order valence-electron chi connectivity index (χ3n) is 4.89. The van der Waals surface area contributed by atoms with E-state index in [0.29, 0.717) is 16.5 Å². The number of nitrogens with one attached hydrogen (secondary N) is 1. The molecule has 0 unspecified atom stereocenters. The molecule has 30 heavy (non-hydrogen) atoms. The summed E-state index contributed by atoms with van der Waals surface area (Å²) in [7, 11) is -3.16. The van der Waals surface area contributed by atoms with Crippen LogP contribution >= 0.6 is 0 Å². The number of sulfone groups is 1. The molecule has 1 aromatic carbocycles. The van der Waals surface area contributed by atoms with Gasteiger partial charge in [0, 0.05) is 18.2 Å². The van der Waals surface area contributed by atoms with Crippen molar-refractivity contribution in [1.29, 1.82) is 0 Å². The van der Waals surface area contributed by atoms with Gasteiger partial charge in [0.05, 0.1) is 16.8 Å². The number of hydrogen-bond acceptors (Lipinski definition) is 7. The summed E-state index contributed by atoms with van der Waals surface area (Å²) in [5, 5.41) is 10.7. The monoisotopic (exact) mass is 440 g/mol. The summed E-state index contributed by atoms with van der Waals surface area (Å²) in [6.45, 7) is 1.78. The van der Waals surface area contributed by atoms with Crippen molar-refractivity contribution in [2.75, 3.05) is 23.9 Å². The molecule has 0 amide bonds. The Morgan fingerprint density at radius 2 is 1.93 bits per heavy atom. The largest absolute Gasteiger partial charge is 0.418 e. The molecule has 1 aliphatic rings. The first-order valence-electron chi connectivity index (χ1n) is 9.29. The van der Waals surface area contributed by atoms with Gasteiger partial charge in [-0.25, -0.2) is 13.4 Å². The fraction of sp³-hybridized carbons (Fsp3) is 0.421. The summed E-state index contributed by atoms with van der Waals surface area (Å²) in [6, 6.07) is 4.53. The molecule has 2 aromatic heterocycles. The maximum absolute atomic E-state index is 13.7. The maximum Gasteiger partial charge on any atom is 0.418 e. The van der Waals surface area contributed by atoms with E-state index in [2.05, 4.69) is 20.5 Å². The van der Waals surface area contributed by atoms with Crippen LogP contribution in [0.1, 0.15) is 35.4 Å². The predicted molar refractivity (Wildman–Crippen MR) is 105 cm³/mol. The van der Waals surface area contributed by atoms with Gasteiger partial charge in [-0.1, -0.05) is 5.10 Å². The van der Waals surface area contributed by atoms with Crippen LogP contribution in [-0.2, 0) is 16.0 Å². The number of aromatic nitrogens is 3. The lowest BCUT2D eigenvalue weighted by Gasteiger charge is -2.14. The smallest absolute Gasteiger partial charge is 0.402 e. The second-order valence-electron chi connectivity index (χ2n) is 7.53. The van der Waals surface area contributed by atoms with Gasteiger partial charge in [0.25, 0.3) is 5.89 Å². The van der Waals surface area contributed by atoms with Crippen molar-refractivity contribution in [2.24, 2.45) is 0 Å². The van der Waals surface area contributed by atoms with E-state index in [1.54, 1.807) is 19.1 Å². The van der Waals surface area contributed by atoms with E-state index in [1.165, 1.54) is 6.07 Å². The molecule has 0 atom stereocenters. The molecule has 0 bridgehead atoms. The summed E-state index contributed by atoms with van der Waals surface area (Å²) in [5.41, 5.74) is 0.480. The molecule has 4 rings (SSSR count). The van der Waals surface area contributed by atoms with Crippen LogP contribution in [0.15, 0.2) is 22.6 Å². The number of hydrogen-bond donors (Lipinski definition) is 1. The van der Waals surface area contributed by atoms with Crippen LogP contribution in [0, 0.1) is 6.92 Å². The highest BCUT2D eigenvalue weighted by molar-refractivity contribution is 7.90. The lowest BCUT2D eigenvalue weighted by atomic mass is 9.98. The van der Waals surface area contributed by atoms with Gasteiger partial charge < -0.3 is 9.73 Å². The molecule has 0 spiro atoms. The van der Waals surface area contributed by atoms with E-state index in [-0.39, 0.29) is 41.3 Å². The van der Waals surface area contributed by atoms with E-state index in [1.807, 2.05) is 0 Å². The number of alkyl halides is 3. The molecule has 1 saturated carbocycles. The second kappa shape index (κ2) is 7.22. The molecule has 1 N–H and O–H groups in total. The minimum absolute atomic E-state index is 0.0340. The third-order valence-corrected chi connectivity index (χ3v) is 5.84. The van der Waals surface area contributed by atoms with Crippen LogP contribution < -0.4 is 5.32 Å². The minimum Gasteiger partial charge on any atom is -0.402 e. The van der Waals surface area contributed by atoms with Crippen LogP contribution in [0.25, 0.3) is 22.5 Å². The first-order chi connectivity index (χ1) is 14.0. The van der Waals surface area contributed by atoms with Crippen molar-refractivity contribution in [2.45, 2.75) is 31.9 Å². The summed E-state index contributed by atoms with van der Waals surface area (Å²) in [6.07, 6.45) is -1.66. The Balaban J connectivity index is 1.72. The van der Waals surface area contributed by atoms with Crippen molar-refractivity contribution in [3.8, 4) is 11.6 Å². The molecule has 0 aliphatic heterocycles. The topological polar surface area (TPSA) is 98.0 Å². The van der Waals surface area contributed by atoms with E-state index in [4.69, 9.17) is 4.42 Å². The van der Waals surface area contributed by atoms with Crippen LogP contribution in [0.2, 0.25) is 0 Å². The number of pyridine rings is 1. The molecule has 7 nitrogen and oxygen atoms in total. The number of benzene rings is 1. The Bertz CT molecular complexity index is 1220. The highest BCUT2D eigenvalue weighted by Crippen LogP contribution is 2.45. The summed E-state index contributed by atoms with van der Waals surface area (Å²) < 4.78 is 69.0. The normalized spacial score (nSPS) is 15.0. The molecular weight excluding hydrogens is 421 g/mol. The van der Waals surface area contributed by atoms with Crippen LogP contribution in [0.3, 0.4) is 0 Å². The van der Waals surface area contributed by atoms with E-state index >= 15 is 0 Å². The zero-order valence-corrected chi connectivity index (χ0v) is 17.1. The zero-order chi connectivity index (χ0) is 21.7. The lowest BCUT2D eigenvalue weighted by Crippen LogP contribution is -2.14. The number of rotatable bonds is 6. The average Bonchev–Trinajstić information content (AvgIpc) is 3.38. The van der Waals surface area contributed by atoms with Gasteiger partial charge in [-0.05, 0) is 55.0 Å². The molecule has 0 radical (unpaired) electrons. The fourth-order valence-electron chi connectivity index (χ4n) is 3.23. The number of fused-ring (bicyclic) bond motifs is 1. The second-order valence-corrected chi connectivity index (χ2v) is 9.79. The van der Waals surface area contributed by atoms with Crippen molar-refractivity contribution >= 4 is 26.8 Å². The number of aryl methyl sites for hydroxylation is 1. The molecule has 160 valence electrons. The minimum atomic E-state index is -4.55. The van der Waals surface area contributed by atoms with Gasteiger partial charge >= 0.3 is 12.2 Å². The Hall–Kier alpha value is -2.69. The van der Waals surface area contributed by atoms with Crippen molar-refractivity contribution in [1.82, 2.24) is 15.2 Å². The van der Waals surface area contributed by atoms with Crippen LogP contribution in [-0.4, -0.2) is 42.2 Å². The van der Waals surface area contributed by atoms with Crippen LogP contribution in [0.5, 0.6) is 0 Å². The first kappa shape index (κ1) is 20.6. The standard InChI is InChI=1S/C19H19F3N4O3S/c1-10-7-15(17-25-26-18(29-17)23-5-6-30(2,27)28)24-16-13(10)8-12(11-3-4-11)9-14(16)19(20,21)22/h7-9,11H,3-6H2,1-2H3,(H,23,26). The molecule has 3 aromatic rings. The van der Waals surface area contributed by atoms with Crippen LogP contribution in [0.4, 0.5) is 19.2 Å². The maximum atomic E-state index is 13.7. The van der Waals surface area contributed by atoms with Gasteiger partial charge in [-0.3, -0.25) is 0 Å². The van der Waals surface area contributed by atoms with E-state index in [0.717, 1.165) is 19.1 Å². The van der Waals surface area contributed by atoms with Crippen molar-refractivity contribution < 1.29 is 26.0 Å². The van der Waals surface area contributed by atoms with Gasteiger partial charge in [-0.15, -0.1) is 5.10 Å². The first-order valence-corrected chi connectivity index (χ1v) is 11.4. The SMILES string of the molecule is Cc1cc(-c2nnc(NCCS(C)(=O)=O)o2)nc2c(C(F)(F)F)cc(C3CC3)cc12. The Kier molecular flexibility index (Phi) is 4.95. The Morgan fingerprint density at radius 1 is 1.20 bits per heavy atom. The van der Waals surface area contributed by atoms with Crippen molar-refractivity contribution in [3.05, 3.63) is 34.9 Å². The predicted octanol–water partition coefficient (Wildman–Crippen LogP) is 3.95. The number of nitrogens with zero attached hydrogens (tertiary/aromatic N) is 3. The molecule has 1 aliphatic carbocycles. The highest BCUT2D eigenvalue weighted by Gasteiger charge is 2.36. The quantitative estimate of drug-likeness (QED) is 0.620. The average molecular weight is 440 g/mol. The van der Waals surface area contributed by atoms with Gasteiger partial charge in [0.1, 0.15) is 15.5 Å². The van der Waals surface area contributed by atoms with Gasteiger partial charge in [-0.2, -0.15) is 13.2 Å². The summed E-state index contributed by atoms with van der Waals surface area (Å²) in [5.74, 6) is -0.0108. The molecule has 0 saturated heterocycles. The molecular formula is C19H19F3N4O3S. The van der Waals surface area contributed by atoms with Gasteiger partial charge in [0.2, 0.25) is 0 Å². The Morgan fingerprint density at radius 3 is 2.57 bits per heavy atom. The summed E-state index contributed by atoms with van der Waals surface area (Å²) >= 11 is 0. The zero-order valence-electron chi connectivity index (χ0n) is 16.2.